The highest BCUT2D eigenvalue weighted by Crippen LogP contribution is 2.44. The molecule has 2 N–H and O–H groups in total. The van der Waals surface area contributed by atoms with Gasteiger partial charge in [0, 0.05) is 10.9 Å². The number of ether oxygens (including phenoxy) is 1. The van der Waals surface area contributed by atoms with Crippen molar-refractivity contribution in [3.63, 3.8) is 0 Å². The zero-order chi connectivity index (χ0) is 18.9. The number of nitrogens with one attached hydrogen (secondary N) is 2. The summed E-state index contributed by atoms with van der Waals surface area (Å²) < 4.78 is 11.5. The van der Waals surface area contributed by atoms with Gasteiger partial charge in [0.05, 0.1) is 23.7 Å². The van der Waals surface area contributed by atoms with E-state index in [-0.39, 0.29) is 23.9 Å². The van der Waals surface area contributed by atoms with Gasteiger partial charge in [-0.1, -0.05) is 19.0 Å². The molecular weight excluding hydrogens is 398 g/mol. The quantitative estimate of drug-likeness (QED) is 0.767. The second-order valence-corrected chi connectivity index (χ2v) is 8.93. The standard InChI is InChI=1S/C20H27N3O3S.ClH/c1-13(2)9-15-11-16(26-23-15)12-22-19(24)17-10-14-3-8-25-20(18(14)27-17)4-6-21-7-5-20;/h10-11,13,21H,3-9,12H2,1-2H3,(H,22,24);1H. The Morgan fingerprint density at radius 1 is 1.36 bits per heavy atom. The largest absolute Gasteiger partial charge is 0.369 e. The molecular formula is C20H28ClN3O3S. The first kappa shape index (κ1) is 21.3. The number of carbonyl (C=O) groups excluding carboxylic acids is 1. The van der Waals surface area contributed by atoms with E-state index >= 15 is 0 Å². The van der Waals surface area contributed by atoms with E-state index in [2.05, 4.69) is 29.6 Å². The topological polar surface area (TPSA) is 76.4 Å². The van der Waals surface area contributed by atoms with Crippen LogP contribution < -0.4 is 10.6 Å². The van der Waals surface area contributed by atoms with E-state index in [9.17, 15) is 4.79 Å². The summed E-state index contributed by atoms with van der Waals surface area (Å²) in [5.74, 6) is 1.17. The highest BCUT2D eigenvalue weighted by molar-refractivity contribution is 7.14. The van der Waals surface area contributed by atoms with Gasteiger partial charge in [0.25, 0.3) is 5.91 Å². The van der Waals surface area contributed by atoms with Gasteiger partial charge in [0.2, 0.25) is 0 Å². The fourth-order valence-corrected chi connectivity index (χ4v) is 5.27. The summed E-state index contributed by atoms with van der Waals surface area (Å²) in [4.78, 5) is 14.7. The molecule has 8 heteroatoms. The molecule has 1 amide bonds. The van der Waals surface area contributed by atoms with E-state index in [1.54, 1.807) is 11.3 Å². The molecule has 0 unspecified atom stereocenters. The number of fused-ring (bicyclic) bond motifs is 2. The van der Waals surface area contributed by atoms with Gasteiger partial charge in [-0.25, -0.2) is 0 Å². The van der Waals surface area contributed by atoms with Crippen molar-refractivity contribution in [2.75, 3.05) is 19.7 Å². The molecule has 4 heterocycles. The van der Waals surface area contributed by atoms with Crippen LogP contribution in [0.5, 0.6) is 0 Å². The van der Waals surface area contributed by atoms with Gasteiger partial charge in [-0.3, -0.25) is 4.79 Å². The van der Waals surface area contributed by atoms with Gasteiger partial charge in [-0.2, -0.15) is 0 Å². The van der Waals surface area contributed by atoms with Crippen LogP contribution in [0, 0.1) is 5.92 Å². The maximum absolute atomic E-state index is 12.7. The van der Waals surface area contributed by atoms with Gasteiger partial charge >= 0.3 is 0 Å². The third-order valence-electron chi connectivity index (χ3n) is 5.26. The third-order valence-corrected chi connectivity index (χ3v) is 6.62. The van der Waals surface area contributed by atoms with Crippen LogP contribution in [0.3, 0.4) is 0 Å². The number of hydrogen-bond donors (Lipinski definition) is 2. The van der Waals surface area contributed by atoms with Crippen LogP contribution in [0.25, 0.3) is 0 Å². The van der Waals surface area contributed by atoms with E-state index in [0.717, 1.165) is 56.0 Å². The summed E-state index contributed by atoms with van der Waals surface area (Å²) >= 11 is 1.59. The van der Waals surface area contributed by atoms with Crippen molar-refractivity contribution in [2.24, 2.45) is 5.92 Å². The normalized spacial score (nSPS) is 18.0. The van der Waals surface area contributed by atoms with E-state index in [1.165, 1.54) is 10.4 Å². The SMILES string of the molecule is CC(C)Cc1cc(CNC(=O)c2cc3c(s2)C2(CCNCC2)OCC3)on1.Cl. The minimum Gasteiger partial charge on any atom is -0.369 e. The summed E-state index contributed by atoms with van der Waals surface area (Å²) in [6.07, 6.45) is 3.71. The Hall–Kier alpha value is -1.41. The van der Waals surface area contributed by atoms with Gasteiger partial charge in [0.1, 0.15) is 5.60 Å². The fourth-order valence-electron chi connectivity index (χ4n) is 3.94. The number of aromatic nitrogens is 1. The second-order valence-electron chi connectivity index (χ2n) is 7.87. The number of rotatable bonds is 5. The van der Waals surface area contributed by atoms with Crippen molar-refractivity contribution in [3.8, 4) is 0 Å². The van der Waals surface area contributed by atoms with Gasteiger partial charge in [-0.05, 0) is 56.3 Å². The number of hydrogen-bond acceptors (Lipinski definition) is 6. The minimum atomic E-state index is -0.196. The first-order valence-electron chi connectivity index (χ1n) is 9.76. The molecule has 0 radical (unpaired) electrons. The predicted molar refractivity (Wildman–Crippen MR) is 111 cm³/mol. The number of nitrogens with zero attached hydrogens (tertiary/aromatic N) is 1. The van der Waals surface area contributed by atoms with Crippen LogP contribution in [-0.4, -0.2) is 30.8 Å². The number of amides is 1. The molecule has 4 rings (SSSR count). The number of piperidine rings is 1. The van der Waals surface area contributed by atoms with Crippen molar-refractivity contribution < 1.29 is 14.1 Å². The van der Waals surface area contributed by atoms with E-state index < -0.39 is 0 Å². The molecule has 0 saturated carbocycles. The van der Waals surface area contributed by atoms with Crippen LogP contribution in [0.15, 0.2) is 16.7 Å². The van der Waals surface area contributed by atoms with Gasteiger partial charge in [-0.15, -0.1) is 23.7 Å². The Balaban J connectivity index is 0.00000225. The van der Waals surface area contributed by atoms with Crippen molar-refractivity contribution in [1.29, 1.82) is 0 Å². The molecule has 0 aliphatic carbocycles. The minimum absolute atomic E-state index is 0. The molecule has 2 aliphatic rings. The zero-order valence-electron chi connectivity index (χ0n) is 16.4. The van der Waals surface area contributed by atoms with Crippen molar-refractivity contribution in [3.05, 3.63) is 38.9 Å². The number of thiophene rings is 1. The lowest BCUT2D eigenvalue weighted by Gasteiger charge is -2.40. The maximum Gasteiger partial charge on any atom is 0.261 e. The maximum atomic E-state index is 12.7. The molecule has 154 valence electrons. The van der Waals surface area contributed by atoms with Crippen LogP contribution in [0.4, 0.5) is 0 Å². The smallest absolute Gasteiger partial charge is 0.261 e. The number of carbonyl (C=O) groups is 1. The average molecular weight is 426 g/mol. The summed E-state index contributed by atoms with van der Waals surface area (Å²) in [6.45, 7) is 7.31. The Morgan fingerprint density at radius 2 is 2.14 bits per heavy atom. The van der Waals surface area contributed by atoms with Crippen LogP contribution in [0.1, 0.15) is 58.3 Å². The third kappa shape index (κ3) is 4.43. The molecule has 1 fully saturated rings. The summed E-state index contributed by atoms with van der Waals surface area (Å²) in [5, 5.41) is 10.4. The first-order valence-corrected chi connectivity index (χ1v) is 10.6. The van der Waals surface area contributed by atoms with E-state index in [4.69, 9.17) is 9.26 Å². The monoisotopic (exact) mass is 425 g/mol. The van der Waals surface area contributed by atoms with Crippen molar-refractivity contribution >= 4 is 29.7 Å². The molecule has 0 bridgehead atoms. The first-order chi connectivity index (χ1) is 13.1. The fraction of sp³-hybridized carbons (Fsp3) is 0.600. The molecule has 28 heavy (non-hydrogen) atoms. The molecule has 6 nitrogen and oxygen atoms in total. The summed E-state index contributed by atoms with van der Waals surface area (Å²) in [7, 11) is 0. The predicted octanol–water partition coefficient (Wildman–Crippen LogP) is 3.44. The van der Waals surface area contributed by atoms with E-state index in [0.29, 0.717) is 18.2 Å². The van der Waals surface area contributed by atoms with Crippen LogP contribution in [0.2, 0.25) is 0 Å². The molecule has 2 aromatic heterocycles. The van der Waals surface area contributed by atoms with E-state index in [1.807, 2.05) is 12.1 Å². The highest BCUT2D eigenvalue weighted by atomic mass is 35.5. The second kappa shape index (κ2) is 8.95. The molecule has 0 atom stereocenters. The molecule has 2 aliphatic heterocycles. The Morgan fingerprint density at radius 3 is 2.89 bits per heavy atom. The molecule has 0 aromatic carbocycles. The van der Waals surface area contributed by atoms with Crippen LogP contribution in [-0.2, 0) is 29.7 Å². The lowest BCUT2D eigenvalue weighted by molar-refractivity contribution is -0.0771. The lowest BCUT2D eigenvalue weighted by atomic mass is 9.86. The van der Waals surface area contributed by atoms with Crippen LogP contribution >= 0.6 is 23.7 Å². The zero-order valence-corrected chi connectivity index (χ0v) is 18.0. The summed E-state index contributed by atoms with van der Waals surface area (Å²) in [5.41, 5.74) is 2.02. The Kier molecular flexibility index (Phi) is 6.81. The number of halogens is 1. The Labute approximate surface area is 175 Å². The molecule has 2 aromatic rings. The highest BCUT2D eigenvalue weighted by Gasteiger charge is 2.41. The Bertz CT molecular complexity index is 811. The van der Waals surface area contributed by atoms with Gasteiger partial charge in [0.15, 0.2) is 5.76 Å². The van der Waals surface area contributed by atoms with Crippen molar-refractivity contribution in [2.45, 2.75) is 51.7 Å². The van der Waals surface area contributed by atoms with Gasteiger partial charge < -0.3 is 19.9 Å². The average Bonchev–Trinajstić information content (AvgIpc) is 3.28. The summed E-state index contributed by atoms with van der Waals surface area (Å²) in [6, 6.07) is 3.98. The molecule has 1 spiro atoms. The molecule has 1 saturated heterocycles. The van der Waals surface area contributed by atoms with Crippen molar-refractivity contribution in [1.82, 2.24) is 15.8 Å². The lowest BCUT2D eigenvalue weighted by Crippen LogP contribution is -2.43.